The summed E-state index contributed by atoms with van der Waals surface area (Å²) in [6.45, 7) is 2.81. The van der Waals surface area contributed by atoms with E-state index in [9.17, 15) is 0 Å². The molecule has 0 atom stereocenters. The smallest absolute Gasteiger partial charge is 0.125 e. The molecule has 2 rings (SSSR count). The van der Waals surface area contributed by atoms with Crippen LogP contribution in [0.1, 0.15) is 18.4 Å². The van der Waals surface area contributed by atoms with Crippen LogP contribution in [0, 0.1) is 0 Å². The number of ether oxygens (including phenoxy) is 1. The Morgan fingerprint density at radius 2 is 2.35 bits per heavy atom. The van der Waals surface area contributed by atoms with Crippen LogP contribution in [-0.2, 0) is 11.3 Å². The fraction of sp³-hybridized carbons (Fsp3) is 0.615. The number of hydrogen-bond donors (Lipinski definition) is 1. The van der Waals surface area contributed by atoms with Gasteiger partial charge < -0.3 is 10.1 Å². The van der Waals surface area contributed by atoms with Gasteiger partial charge in [-0.3, -0.25) is 4.90 Å². The van der Waals surface area contributed by atoms with Crippen LogP contribution in [0.25, 0.3) is 0 Å². The maximum absolute atomic E-state index is 5.17. The molecule has 1 fully saturated rings. The molecule has 1 aromatic rings. The molecule has 0 aromatic carbocycles. The summed E-state index contributed by atoms with van der Waals surface area (Å²) in [6.07, 6.45) is 4.52. The Morgan fingerprint density at radius 3 is 3.00 bits per heavy atom. The number of anilines is 1. The van der Waals surface area contributed by atoms with E-state index in [0.717, 1.165) is 31.6 Å². The van der Waals surface area contributed by atoms with Crippen molar-refractivity contribution in [2.75, 3.05) is 32.6 Å². The molecule has 4 nitrogen and oxygen atoms in total. The maximum Gasteiger partial charge on any atom is 0.125 e. The molecule has 0 radical (unpaired) electrons. The molecule has 17 heavy (non-hydrogen) atoms. The summed E-state index contributed by atoms with van der Waals surface area (Å²) in [7, 11) is 3.66. The lowest BCUT2D eigenvalue weighted by Crippen LogP contribution is -2.29. The Morgan fingerprint density at radius 1 is 1.53 bits per heavy atom. The number of nitrogens with zero attached hydrogens (tertiary/aromatic N) is 2. The first-order chi connectivity index (χ1) is 8.33. The Kier molecular flexibility index (Phi) is 4.34. The van der Waals surface area contributed by atoms with Gasteiger partial charge >= 0.3 is 0 Å². The van der Waals surface area contributed by atoms with Crippen LogP contribution in [0.4, 0.5) is 5.82 Å². The highest BCUT2D eigenvalue weighted by Gasteiger charge is 2.28. The van der Waals surface area contributed by atoms with Crippen molar-refractivity contribution in [1.82, 2.24) is 9.88 Å². The maximum atomic E-state index is 5.17. The van der Waals surface area contributed by atoms with Crippen molar-refractivity contribution in [2.45, 2.75) is 25.4 Å². The molecular weight excluding hydrogens is 214 g/mol. The van der Waals surface area contributed by atoms with Crippen LogP contribution < -0.4 is 5.32 Å². The summed E-state index contributed by atoms with van der Waals surface area (Å²) >= 11 is 0. The van der Waals surface area contributed by atoms with E-state index in [-0.39, 0.29) is 0 Å². The molecule has 4 heteroatoms. The van der Waals surface area contributed by atoms with E-state index in [2.05, 4.69) is 27.3 Å². The van der Waals surface area contributed by atoms with Crippen LogP contribution in [-0.4, -0.2) is 43.2 Å². The summed E-state index contributed by atoms with van der Waals surface area (Å²) in [5.41, 5.74) is 1.31. The van der Waals surface area contributed by atoms with Gasteiger partial charge in [0.25, 0.3) is 0 Å². The average molecular weight is 235 g/mol. The second-order valence-electron chi connectivity index (χ2n) is 4.49. The van der Waals surface area contributed by atoms with Crippen LogP contribution in [0.3, 0.4) is 0 Å². The number of methoxy groups -OCH3 is 1. The third-order valence-corrected chi connectivity index (χ3v) is 3.11. The average Bonchev–Trinajstić information content (AvgIpc) is 3.19. The summed E-state index contributed by atoms with van der Waals surface area (Å²) in [5.74, 6) is 0.935. The minimum Gasteiger partial charge on any atom is -0.383 e. The molecule has 1 aliphatic carbocycles. The quantitative estimate of drug-likeness (QED) is 0.781. The largest absolute Gasteiger partial charge is 0.383 e. The molecule has 0 bridgehead atoms. The molecule has 1 saturated carbocycles. The van der Waals surface area contributed by atoms with E-state index in [4.69, 9.17) is 4.74 Å². The third-order valence-electron chi connectivity index (χ3n) is 3.11. The topological polar surface area (TPSA) is 37.4 Å². The monoisotopic (exact) mass is 235 g/mol. The van der Waals surface area contributed by atoms with E-state index in [1.54, 1.807) is 7.11 Å². The van der Waals surface area contributed by atoms with Gasteiger partial charge in [-0.25, -0.2) is 4.98 Å². The fourth-order valence-electron chi connectivity index (χ4n) is 1.98. The van der Waals surface area contributed by atoms with Crippen LogP contribution in [0.2, 0.25) is 0 Å². The molecule has 0 saturated heterocycles. The van der Waals surface area contributed by atoms with E-state index < -0.39 is 0 Å². The zero-order valence-corrected chi connectivity index (χ0v) is 10.6. The number of hydrogen-bond acceptors (Lipinski definition) is 4. The minimum absolute atomic E-state index is 0.761. The van der Waals surface area contributed by atoms with Crippen molar-refractivity contribution in [2.24, 2.45) is 0 Å². The van der Waals surface area contributed by atoms with Crippen molar-refractivity contribution in [3.8, 4) is 0 Å². The fourth-order valence-corrected chi connectivity index (χ4v) is 1.98. The van der Waals surface area contributed by atoms with Gasteiger partial charge in [0, 0.05) is 39.5 Å². The summed E-state index contributed by atoms with van der Waals surface area (Å²) in [5, 5.41) is 3.07. The van der Waals surface area contributed by atoms with Crippen molar-refractivity contribution in [3.63, 3.8) is 0 Å². The van der Waals surface area contributed by atoms with Gasteiger partial charge in [-0.05, 0) is 30.5 Å². The van der Waals surface area contributed by atoms with Crippen molar-refractivity contribution >= 4 is 5.82 Å². The number of aromatic nitrogens is 1. The lowest BCUT2D eigenvalue weighted by Gasteiger charge is -2.21. The molecule has 94 valence electrons. The van der Waals surface area contributed by atoms with E-state index in [1.807, 2.05) is 13.2 Å². The second kappa shape index (κ2) is 5.98. The zero-order valence-electron chi connectivity index (χ0n) is 10.6. The number of rotatable bonds is 7. The summed E-state index contributed by atoms with van der Waals surface area (Å²) < 4.78 is 5.17. The van der Waals surface area contributed by atoms with Gasteiger partial charge in [-0.15, -0.1) is 0 Å². The highest BCUT2D eigenvalue weighted by Crippen LogP contribution is 2.28. The Labute approximate surface area is 103 Å². The lowest BCUT2D eigenvalue weighted by molar-refractivity contribution is 0.139. The molecule has 1 aromatic heterocycles. The molecule has 1 N–H and O–H groups in total. The second-order valence-corrected chi connectivity index (χ2v) is 4.49. The molecule has 1 aliphatic rings. The first-order valence-electron chi connectivity index (χ1n) is 6.19. The first kappa shape index (κ1) is 12.3. The van der Waals surface area contributed by atoms with Gasteiger partial charge in [-0.1, -0.05) is 0 Å². The standard InChI is InChI=1S/C13H21N3O/c1-14-13-9-11(5-6-15-13)10-16(7-8-17-2)12-3-4-12/h5-6,9,12H,3-4,7-8,10H2,1-2H3,(H,14,15). The van der Waals surface area contributed by atoms with Gasteiger partial charge in [-0.2, -0.15) is 0 Å². The lowest BCUT2D eigenvalue weighted by atomic mass is 10.2. The SMILES string of the molecule is CNc1cc(CN(CCOC)C2CC2)ccn1. The van der Waals surface area contributed by atoms with Gasteiger partial charge in [0.2, 0.25) is 0 Å². The van der Waals surface area contributed by atoms with E-state index in [1.165, 1.54) is 18.4 Å². The Balaban J connectivity index is 1.95. The Bertz CT molecular complexity index is 352. The summed E-state index contributed by atoms with van der Waals surface area (Å²) in [6, 6.07) is 4.96. The molecule has 0 spiro atoms. The summed E-state index contributed by atoms with van der Waals surface area (Å²) in [4.78, 5) is 6.73. The molecule has 0 aliphatic heterocycles. The number of nitrogens with one attached hydrogen (secondary N) is 1. The highest BCUT2D eigenvalue weighted by atomic mass is 16.5. The van der Waals surface area contributed by atoms with Crippen molar-refractivity contribution in [3.05, 3.63) is 23.9 Å². The predicted octanol–water partition coefficient (Wildman–Crippen LogP) is 1.73. The third kappa shape index (κ3) is 3.68. The van der Waals surface area contributed by atoms with Gasteiger partial charge in [0.05, 0.1) is 6.61 Å². The van der Waals surface area contributed by atoms with Gasteiger partial charge in [0.1, 0.15) is 5.82 Å². The predicted molar refractivity (Wildman–Crippen MR) is 69.1 cm³/mol. The molecule has 0 amide bonds. The first-order valence-corrected chi connectivity index (χ1v) is 6.19. The highest BCUT2D eigenvalue weighted by molar-refractivity contribution is 5.36. The molecule has 0 unspecified atom stereocenters. The molecule has 1 heterocycles. The van der Waals surface area contributed by atoms with E-state index >= 15 is 0 Å². The van der Waals surface area contributed by atoms with E-state index in [0.29, 0.717) is 0 Å². The van der Waals surface area contributed by atoms with Crippen LogP contribution in [0.5, 0.6) is 0 Å². The van der Waals surface area contributed by atoms with Gasteiger partial charge in [0.15, 0.2) is 0 Å². The zero-order chi connectivity index (χ0) is 12.1. The van der Waals surface area contributed by atoms with Crippen LogP contribution in [0.15, 0.2) is 18.3 Å². The molecular formula is C13H21N3O. The van der Waals surface area contributed by atoms with Crippen molar-refractivity contribution in [1.29, 1.82) is 0 Å². The van der Waals surface area contributed by atoms with Crippen LogP contribution >= 0.6 is 0 Å². The Hall–Kier alpha value is -1.13. The van der Waals surface area contributed by atoms with Crippen molar-refractivity contribution < 1.29 is 4.74 Å². The number of pyridine rings is 1. The normalized spacial score (nSPS) is 15.2. The minimum atomic E-state index is 0.761.